The predicted molar refractivity (Wildman–Crippen MR) is 102 cm³/mol. The van der Waals surface area contributed by atoms with Crippen LogP contribution in [0.25, 0.3) is 0 Å². The maximum Gasteiger partial charge on any atom is 0.214 e. The molecule has 142 valence electrons. The average Bonchev–Trinajstić information content (AvgIpc) is 3.06. The zero-order chi connectivity index (χ0) is 18.3. The van der Waals surface area contributed by atoms with Crippen LogP contribution in [-0.2, 0) is 16.4 Å². The Labute approximate surface area is 152 Å². The Morgan fingerprint density at radius 3 is 2.72 bits per heavy atom. The van der Waals surface area contributed by atoms with Crippen LogP contribution in [0.15, 0.2) is 6.07 Å². The summed E-state index contributed by atoms with van der Waals surface area (Å²) in [7, 11) is -3.08. The van der Waals surface area contributed by atoms with E-state index in [1.807, 2.05) is 19.9 Å². The standard InChI is InChI=1S/C18H32N4O2S/c1-4-6-8-17-20-15(3)12-18(21-17)19-13-16-9-10-22(14-16)25(23,24)11-7-5-2/h12,16H,4-11,13-14H2,1-3H3,(H,19,20,21). The number of rotatable bonds is 10. The van der Waals surface area contributed by atoms with Gasteiger partial charge in [-0.25, -0.2) is 22.7 Å². The molecule has 2 heterocycles. The van der Waals surface area contributed by atoms with Crippen LogP contribution in [0, 0.1) is 12.8 Å². The molecule has 1 unspecified atom stereocenters. The maximum absolute atomic E-state index is 12.3. The van der Waals surface area contributed by atoms with E-state index in [9.17, 15) is 8.42 Å². The molecule has 0 radical (unpaired) electrons. The lowest BCUT2D eigenvalue weighted by atomic mass is 10.1. The molecule has 1 aromatic heterocycles. The van der Waals surface area contributed by atoms with Gasteiger partial charge in [0.25, 0.3) is 0 Å². The average molecular weight is 369 g/mol. The summed E-state index contributed by atoms with van der Waals surface area (Å²) >= 11 is 0. The van der Waals surface area contributed by atoms with Gasteiger partial charge in [0.2, 0.25) is 10.0 Å². The molecule has 1 saturated heterocycles. The van der Waals surface area contributed by atoms with Gasteiger partial charge in [-0.3, -0.25) is 0 Å². The highest BCUT2D eigenvalue weighted by molar-refractivity contribution is 7.89. The van der Waals surface area contributed by atoms with Crippen LogP contribution in [0.2, 0.25) is 0 Å². The Balaban J connectivity index is 1.87. The number of hydrogen-bond donors (Lipinski definition) is 1. The fourth-order valence-corrected chi connectivity index (χ4v) is 4.82. The third-order valence-electron chi connectivity index (χ3n) is 4.62. The van der Waals surface area contributed by atoms with E-state index in [2.05, 4.69) is 22.2 Å². The van der Waals surface area contributed by atoms with Gasteiger partial charge < -0.3 is 5.32 Å². The van der Waals surface area contributed by atoms with Gasteiger partial charge in [-0.05, 0) is 32.1 Å². The Morgan fingerprint density at radius 1 is 1.24 bits per heavy atom. The van der Waals surface area contributed by atoms with Gasteiger partial charge >= 0.3 is 0 Å². The molecule has 0 aromatic carbocycles. The van der Waals surface area contributed by atoms with Gasteiger partial charge in [0.1, 0.15) is 11.6 Å². The summed E-state index contributed by atoms with van der Waals surface area (Å²) in [5, 5.41) is 3.39. The molecular formula is C18H32N4O2S. The molecule has 0 amide bonds. The van der Waals surface area contributed by atoms with E-state index < -0.39 is 10.0 Å². The number of hydrogen-bond acceptors (Lipinski definition) is 5. The fraction of sp³-hybridized carbons (Fsp3) is 0.778. The number of sulfonamides is 1. The zero-order valence-corrected chi connectivity index (χ0v) is 16.6. The first-order valence-corrected chi connectivity index (χ1v) is 11.1. The quantitative estimate of drug-likeness (QED) is 0.687. The van der Waals surface area contributed by atoms with Gasteiger partial charge in [0.15, 0.2) is 0 Å². The van der Waals surface area contributed by atoms with E-state index in [1.165, 1.54) is 0 Å². The Kier molecular flexibility index (Phi) is 7.62. The van der Waals surface area contributed by atoms with Gasteiger partial charge in [0.05, 0.1) is 5.75 Å². The molecule has 6 nitrogen and oxygen atoms in total. The van der Waals surface area contributed by atoms with Crippen LogP contribution in [-0.4, -0.2) is 48.1 Å². The summed E-state index contributed by atoms with van der Waals surface area (Å²) in [5.74, 6) is 2.35. The van der Waals surface area contributed by atoms with Crippen molar-refractivity contribution in [3.05, 3.63) is 17.6 Å². The first kappa shape index (κ1) is 20.1. The molecule has 0 spiro atoms. The molecule has 25 heavy (non-hydrogen) atoms. The second-order valence-corrected chi connectivity index (χ2v) is 9.07. The molecule has 1 aliphatic rings. The second kappa shape index (κ2) is 9.48. The third kappa shape index (κ3) is 6.22. The van der Waals surface area contributed by atoms with E-state index >= 15 is 0 Å². The highest BCUT2D eigenvalue weighted by Gasteiger charge is 2.30. The molecule has 1 N–H and O–H groups in total. The number of aromatic nitrogens is 2. The lowest BCUT2D eigenvalue weighted by Gasteiger charge is -2.17. The largest absolute Gasteiger partial charge is 0.370 e. The van der Waals surface area contributed by atoms with Crippen molar-refractivity contribution in [1.82, 2.24) is 14.3 Å². The molecule has 1 fully saturated rings. The monoisotopic (exact) mass is 368 g/mol. The molecule has 0 bridgehead atoms. The SMILES string of the molecule is CCCCc1nc(C)cc(NCC2CCN(S(=O)(=O)CCCC)C2)n1. The maximum atomic E-state index is 12.3. The number of nitrogens with zero attached hydrogens (tertiary/aromatic N) is 3. The summed E-state index contributed by atoms with van der Waals surface area (Å²) in [6.07, 6.45) is 5.68. The predicted octanol–water partition coefficient (Wildman–Crippen LogP) is 2.99. The van der Waals surface area contributed by atoms with E-state index in [4.69, 9.17) is 0 Å². The van der Waals surface area contributed by atoms with Crippen molar-refractivity contribution in [2.75, 3.05) is 30.7 Å². The minimum absolute atomic E-state index is 0.273. The van der Waals surface area contributed by atoms with E-state index in [0.717, 1.165) is 62.4 Å². The van der Waals surface area contributed by atoms with Crippen molar-refractivity contribution in [1.29, 1.82) is 0 Å². The highest BCUT2D eigenvalue weighted by Crippen LogP contribution is 2.21. The van der Waals surface area contributed by atoms with Gasteiger partial charge in [-0.2, -0.15) is 0 Å². The highest BCUT2D eigenvalue weighted by atomic mass is 32.2. The molecule has 0 aliphatic carbocycles. The van der Waals surface area contributed by atoms with Crippen molar-refractivity contribution in [2.45, 2.75) is 59.3 Å². The molecule has 1 atom stereocenters. The lowest BCUT2D eigenvalue weighted by molar-refractivity contribution is 0.459. The van der Waals surface area contributed by atoms with Crippen molar-refractivity contribution in [2.24, 2.45) is 5.92 Å². The van der Waals surface area contributed by atoms with Crippen LogP contribution in [0.3, 0.4) is 0 Å². The molecule has 7 heteroatoms. The molecular weight excluding hydrogens is 336 g/mol. The van der Waals surface area contributed by atoms with Gasteiger partial charge in [-0.15, -0.1) is 0 Å². The van der Waals surface area contributed by atoms with Gasteiger partial charge in [-0.1, -0.05) is 26.7 Å². The Hall–Kier alpha value is -1.21. The summed E-state index contributed by atoms with van der Waals surface area (Å²) in [5.41, 5.74) is 0.971. The first-order valence-electron chi connectivity index (χ1n) is 9.50. The minimum atomic E-state index is -3.08. The van der Waals surface area contributed by atoms with Crippen molar-refractivity contribution in [3.8, 4) is 0 Å². The minimum Gasteiger partial charge on any atom is -0.370 e. The normalized spacial score (nSPS) is 18.6. The first-order chi connectivity index (χ1) is 11.9. The molecule has 1 aromatic rings. The summed E-state index contributed by atoms with van der Waals surface area (Å²) in [6, 6.07) is 1.96. The molecule has 2 rings (SSSR count). The van der Waals surface area contributed by atoms with Crippen LogP contribution >= 0.6 is 0 Å². The molecule has 0 saturated carbocycles. The zero-order valence-electron chi connectivity index (χ0n) is 15.8. The van der Waals surface area contributed by atoms with Crippen LogP contribution in [0.4, 0.5) is 5.82 Å². The van der Waals surface area contributed by atoms with Crippen LogP contribution < -0.4 is 5.32 Å². The number of anilines is 1. The summed E-state index contributed by atoms with van der Waals surface area (Å²) in [6.45, 7) is 8.18. The summed E-state index contributed by atoms with van der Waals surface area (Å²) in [4.78, 5) is 9.07. The van der Waals surface area contributed by atoms with Crippen molar-refractivity contribution in [3.63, 3.8) is 0 Å². The van der Waals surface area contributed by atoms with E-state index in [-0.39, 0.29) is 5.75 Å². The van der Waals surface area contributed by atoms with Crippen molar-refractivity contribution >= 4 is 15.8 Å². The molecule has 1 aliphatic heterocycles. The van der Waals surface area contributed by atoms with Crippen LogP contribution in [0.1, 0.15) is 57.5 Å². The third-order valence-corrected chi connectivity index (χ3v) is 6.55. The smallest absolute Gasteiger partial charge is 0.214 e. The Morgan fingerprint density at radius 2 is 2.00 bits per heavy atom. The van der Waals surface area contributed by atoms with Gasteiger partial charge in [0, 0.05) is 37.8 Å². The van der Waals surface area contributed by atoms with Crippen molar-refractivity contribution < 1.29 is 8.42 Å². The van der Waals surface area contributed by atoms with Crippen LogP contribution in [0.5, 0.6) is 0 Å². The van der Waals surface area contributed by atoms with E-state index in [0.29, 0.717) is 19.0 Å². The fourth-order valence-electron chi connectivity index (χ4n) is 3.09. The second-order valence-electron chi connectivity index (χ2n) is 6.98. The Bertz CT molecular complexity index is 648. The van der Waals surface area contributed by atoms with E-state index in [1.54, 1.807) is 4.31 Å². The number of unbranched alkanes of at least 4 members (excludes halogenated alkanes) is 2. The lowest BCUT2D eigenvalue weighted by Crippen LogP contribution is -2.31. The number of aryl methyl sites for hydroxylation is 2. The summed E-state index contributed by atoms with van der Waals surface area (Å²) < 4.78 is 26.2. The topological polar surface area (TPSA) is 75.2 Å². The number of nitrogens with one attached hydrogen (secondary N) is 1.